The minimum Gasteiger partial charge on any atom is -0.508 e. The van der Waals surface area contributed by atoms with Crippen molar-refractivity contribution in [3.05, 3.63) is 23.8 Å². The van der Waals surface area contributed by atoms with Crippen LogP contribution in [0.4, 0.5) is 0 Å². The molecule has 2 N–H and O–H groups in total. The zero-order valence-corrected chi connectivity index (χ0v) is 12.4. The van der Waals surface area contributed by atoms with E-state index in [0.29, 0.717) is 11.9 Å². The summed E-state index contributed by atoms with van der Waals surface area (Å²) in [7, 11) is 1.63. The summed E-state index contributed by atoms with van der Waals surface area (Å²) in [5, 5.41) is 13.3. The number of hydrogen-bond donors (Lipinski definition) is 2. The van der Waals surface area contributed by atoms with Crippen molar-refractivity contribution in [1.29, 1.82) is 0 Å². The van der Waals surface area contributed by atoms with Crippen LogP contribution in [-0.2, 0) is 4.74 Å². The average molecular weight is 279 g/mol. The fourth-order valence-corrected chi connectivity index (χ4v) is 2.67. The first kappa shape index (κ1) is 15.1. The Morgan fingerprint density at radius 1 is 1.35 bits per heavy atom. The number of methoxy groups -OCH3 is 1. The van der Waals surface area contributed by atoms with E-state index >= 15 is 0 Å². The van der Waals surface area contributed by atoms with E-state index in [2.05, 4.69) is 5.32 Å². The summed E-state index contributed by atoms with van der Waals surface area (Å²) in [5.41, 5.74) is 0.852. The molecule has 4 nitrogen and oxygen atoms in total. The molecular formula is C16H25NO3. The highest BCUT2D eigenvalue weighted by Gasteiger charge is 2.15. The van der Waals surface area contributed by atoms with Crippen molar-refractivity contribution in [1.82, 2.24) is 5.32 Å². The molecule has 0 heterocycles. The molecule has 0 aromatic heterocycles. The molecule has 1 aromatic carbocycles. The highest BCUT2D eigenvalue weighted by atomic mass is 16.5. The van der Waals surface area contributed by atoms with Gasteiger partial charge in [-0.25, -0.2) is 0 Å². The van der Waals surface area contributed by atoms with Gasteiger partial charge < -0.3 is 19.9 Å². The Labute approximate surface area is 121 Å². The molecule has 1 atom stereocenters. The van der Waals surface area contributed by atoms with Gasteiger partial charge in [-0.3, -0.25) is 0 Å². The molecule has 20 heavy (non-hydrogen) atoms. The highest BCUT2D eigenvalue weighted by molar-refractivity contribution is 5.41. The lowest BCUT2D eigenvalue weighted by molar-refractivity contribution is 0.0593. The first-order valence-electron chi connectivity index (χ1n) is 7.42. The molecule has 0 saturated heterocycles. The van der Waals surface area contributed by atoms with E-state index in [-0.39, 0.29) is 6.04 Å². The van der Waals surface area contributed by atoms with Gasteiger partial charge in [0.05, 0.1) is 19.8 Å². The number of hydrogen-bond acceptors (Lipinski definition) is 4. The molecule has 1 aliphatic carbocycles. The predicted octanol–water partition coefficient (Wildman–Crippen LogP) is 3.01. The third-order valence-corrected chi connectivity index (χ3v) is 3.91. The monoisotopic (exact) mass is 279 g/mol. The second-order valence-electron chi connectivity index (χ2n) is 5.38. The number of nitrogens with one attached hydrogen (secondary N) is 1. The molecule has 1 aliphatic rings. The SMILES string of the molecule is COc1ccc(O)c(C(C)NCCOC2CCCC2)c1. The lowest BCUT2D eigenvalue weighted by atomic mass is 10.1. The number of rotatable bonds is 7. The number of ether oxygens (including phenoxy) is 2. The summed E-state index contributed by atoms with van der Waals surface area (Å²) in [4.78, 5) is 0. The lowest BCUT2D eigenvalue weighted by Gasteiger charge is -2.17. The van der Waals surface area contributed by atoms with Gasteiger partial charge in [0, 0.05) is 18.2 Å². The summed E-state index contributed by atoms with van der Waals surface area (Å²) < 4.78 is 11.0. The molecule has 0 bridgehead atoms. The molecule has 1 saturated carbocycles. The van der Waals surface area contributed by atoms with Gasteiger partial charge in [-0.15, -0.1) is 0 Å². The van der Waals surface area contributed by atoms with E-state index in [1.165, 1.54) is 25.7 Å². The van der Waals surface area contributed by atoms with Crippen molar-refractivity contribution in [3.63, 3.8) is 0 Å². The van der Waals surface area contributed by atoms with Crippen LogP contribution in [0.1, 0.15) is 44.2 Å². The van der Waals surface area contributed by atoms with Crippen molar-refractivity contribution < 1.29 is 14.6 Å². The molecule has 1 fully saturated rings. The van der Waals surface area contributed by atoms with Gasteiger partial charge in [-0.05, 0) is 38.0 Å². The summed E-state index contributed by atoms with van der Waals surface area (Å²) in [6, 6.07) is 5.36. The molecule has 112 valence electrons. The van der Waals surface area contributed by atoms with Gasteiger partial charge >= 0.3 is 0 Å². The van der Waals surface area contributed by atoms with Crippen LogP contribution in [0.3, 0.4) is 0 Å². The van der Waals surface area contributed by atoms with E-state index in [1.54, 1.807) is 19.2 Å². The van der Waals surface area contributed by atoms with Crippen molar-refractivity contribution in [3.8, 4) is 11.5 Å². The largest absolute Gasteiger partial charge is 0.508 e. The minimum atomic E-state index is 0.0669. The smallest absolute Gasteiger partial charge is 0.120 e. The van der Waals surface area contributed by atoms with Crippen LogP contribution in [0.5, 0.6) is 11.5 Å². The number of benzene rings is 1. The van der Waals surface area contributed by atoms with Crippen molar-refractivity contribution >= 4 is 0 Å². The van der Waals surface area contributed by atoms with Crippen LogP contribution < -0.4 is 10.1 Å². The number of aromatic hydroxyl groups is 1. The van der Waals surface area contributed by atoms with Gasteiger partial charge in [-0.2, -0.15) is 0 Å². The first-order chi connectivity index (χ1) is 9.70. The maximum absolute atomic E-state index is 9.90. The van der Waals surface area contributed by atoms with E-state index in [0.717, 1.165) is 24.5 Å². The molecule has 4 heteroatoms. The van der Waals surface area contributed by atoms with Gasteiger partial charge in [0.2, 0.25) is 0 Å². The molecule has 2 rings (SSSR count). The second kappa shape index (κ2) is 7.50. The zero-order valence-electron chi connectivity index (χ0n) is 12.4. The topological polar surface area (TPSA) is 50.7 Å². The maximum atomic E-state index is 9.90. The van der Waals surface area contributed by atoms with Crippen LogP contribution in [0, 0.1) is 0 Å². The predicted molar refractivity (Wildman–Crippen MR) is 79.3 cm³/mol. The normalized spacial score (nSPS) is 17.3. The van der Waals surface area contributed by atoms with E-state index < -0.39 is 0 Å². The number of phenolic OH excluding ortho intramolecular Hbond substituents is 1. The van der Waals surface area contributed by atoms with Crippen molar-refractivity contribution in [2.75, 3.05) is 20.3 Å². The minimum absolute atomic E-state index is 0.0669. The van der Waals surface area contributed by atoms with E-state index in [4.69, 9.17) is 9.47 Å². The Kier molecular flexibility index (Phi) is 5.68. The quantitative estimate of drug-likeness (QED) is 0.753. The first-order valence-corrected chi connectivity index (χ1v) is 7.42. The molecule has 1 unspecified atom stereocenters. The Morgan fingerprint density at radius 2 is 2.10 bits per heavy atom. The summed E-state index contributed by atoms with van der Waals surface area (Å²) in [5.74, 6) is 1.05. The fourth-order valence-electron chi connectivity index (χ4n) is 2.67. The van der Waals surface area contributed by atoms with Gasteiger partial charge in [-0.1, -0.05) is 12.8 Å². The van der Waals surface area contributed by atoms with Crippen LogP contribution in [-0.4, -0.2) is 31.5 Å². The van der Waals surface area contributed by atoms with E-state index in [9.17, 15) is 5.11 Å². The molecule has 0 amide bonds. The third-order valence-electron chi connectivity index (χ3n) is 3.91. The van der Waals surface area contributed by atoms with Crippen LogP contribution >= 0.6 is 0 Å². The van der Waals surface area contributed by atoms with Crippen molar-refractivity contribution in [2.45, 2.75) is 44.8 Å². The second-order valence-corrected chi connectivity index (χ2v) is 5.38. The third kappa shape index (κ3) is 4.12. The Bertz CT molecular complexity index is 416. The Hall–Kier alpha value is -1.26. The molecular weight excluding hydrogens is 254 g/mol. The maximum Gasteiger partial charge on any atom is 0.120 e. The number of phenols is 1. The van der Waals surface area contributed by atoms with Crippen molar-refractivity contribution in [2.24, 2.45) is 0 Å². The van der Waals surface area contributed by atoms with Crippen LogP contribution in [0.2, 0.25) is 0 Å². The van der Waals surface area contributed by atoms with Gasteiger partial charge in [0.1, 0.15) is 11.5 Å². The average Bonchev–Trinajstić information content (AvgIpc) is 2.97. The Balaban J connectivity index is 1.77. The zero-order chi connectivity index (χ0) is 14.4. The fraction of sp³-hybridized carbons (Fsp3) is 0.625. The summed E-state index contributed by atoms with van der Waals surface area (Å²) in [6.45, 7) is 3.54. The molecule has 1 aromatic rings. The van der Waals surface area contributed by atoms with Gasteiger partial charge in [0.15, 0.2) is 0 Å². The Morgan fingerprint density at radius 3 is 2.80 bits per heavy atom. The molecule has 0 spiro atoms. The standard InChI is InChI=1S/C16H25NO3/c1-12(15-11-14(19-2)7-8-16(15)18)17-9-10-20-13-5-3-4-6-13/h7-8,11-13,17-18H,3-6,9-10H2,1-2H3. The summed E-state index contributed by atoms with van der Waals surface area (Å²) in [6.07, 6.45) is 5.45. The summed E-state index contributed by atoms with van der Waals surface area (Å²) >= 11 is 0. The van der Waals surface area contributed by atoms with Gasteiger partial charge in [0.25, 0.3) is 0 Å². The highest BCUT2D eigenvalue weighted by Crippen LogP contribution is 2.28. The molecule has 0 radical (unpaired) electrons. The van der Waals surface area contributed by atoms with Crippen LogP contribution in [0.25, 0.3) is 0 Å². The molecule has 0 aliphatic heterocycles. The lowest BCUT2D eigenvalue weighted by Crippen LogP contribution is -2.25. The van der Waals surface area contributed by atoms with Crippen LogP contribution in [0.15, 0.2) is 18.2 Å². The van der Waals surface area contributed by atoms with E-state index in [1.807, 2.05) is 13.0 Å².